The molecule has 2 aromatic heterocycles. The Morgan fingerprint density at radius 3 is 2.58 bits per heavy atom. The molecule has 2 aromatic rings. The minimum atomic E-state index is -0.185. The van der Waals surface area contributed by atoms with Crippen molar-refractivity contribution in [3.63, 3.8) is 0 Å². The maximum absolute atomic E-state index is 13.5. The van der Waals surface area contributed by atoms with Crippen LogP contribution in [0.2, 0.25) is 0 Å². The molecule has 2 fully saturated rings. The second kappa shape index (κ2) is 8.74. The van der Waals surface area contributed by atoms with Crippen molar-refractivity contribution in [3.8, 4) is 0 Å². The molecule has 0 unspecified atom stereocenters. The normalized spacial score (nSPS) is 23.4. The fourth-order valence-electron chi connectivity index (χ4n) is 4.15. The van der Waals surface area contributed by atoms with Gasteiger partial charge in [-0.05, 0) is 70.1 Å². The second-order valence-electron chi connectivity index (χ2n) is 8.86. The summed E-state index contributed by atoms with van der Waals surface area (Å²) in [5.41, 5.74) is 1.78. The monoisotopic (exact) mass is 456 g/mol. The molecule has 0 aromatic carbocycles. The van der Waals surface area contributed by atoms with Gasteiger partial charge in [0, 0.05) is 18.3 Å². The predicted molar refractivity (Wildman–Crippen MR) is 131 cm³/mol. The number of aromatic nitrogens is 2. The van der Waals surface area contributed by atoms with Gasteiger partial charge in [0.1, 0.15) is 15.8 Å². The van der Waals surface area contributed by atoms with Crippen LogP contribution in [-0.2, 0) is 4.79 Å². The van der Waals surface area contributed by atoms with Gasteiger partial charge in [0.05, 0.1) is 10.5 Å². The highest BCUT2D eigenvalue weighted by molar-refractivity contribution is 8.26. The van der Waals surface area contributed by atoms with E-state index in [1.807, 2.05) is 32.9 Å². The lowest BCUT2D eigenvalue weighted by molar-refractivity contribution is -0.123. The highest BCUT2D eigenvalue weighted by atomic mass is 32.2. The van der Waals surface area contributed by atoms with Crippen LogP contribution < -0.4 is 10.9 Å². The van der Waals surface area contributed by atoms with Gasteiger partial charge in [-0.1, -0.05) is 37.0 Å². The number of nitrogens with zero attached hydrogens (tertiary/aromatic N) is 3. The Morgan fingerprint density at radius 2 is 1.94 bits per heavy atom. The minimum Gasteiger partial charge on any atom is -0.367 e. The Bertz CT molecular complexity index is 1130. The number of nitrogens with one attached hydrogen (secondary N) is 1. The van der Waals surface area contributed by atoms with E-state index >= 15 is 0 Å². The molecule has 4 rings (SSSR count). The van der Waals surface area contributed by atoms with Gasteiger partial charge in [0.25, 0.3) is 11.5 Å². The van der Waals surface area contributed by atoms with Gasteiger partial charge < -0.3 is 5.32 Å². The molecule has 1 amide bonds. The van der Waals surface area contributed by atoms with Gasteiger partial charge in [-0.3, -0.25) is 18.9 Å². The first kappa shape index (κ1) is 22.0. The SMILES string of the molecule is Cc1ccc2nc(NC3CCC(C)CC3)c(C=C3SC(=S)N(C(C)C)C3=O)c(=O)n2c1. The third-order valence-electron chi connectivity index (χ3n) is 5.98. The summed E-state index contributed by atoms with van der Waals surface area (Å²) < 4.78 is 2.07. The molecule has 1 N–H and O–H groups in total. The number of pyridine rings is 1. The lowest BCUT2D eigenvalue weighted by Gasteiger charge is -2.27. The van der Waals surface area contributed by atoms with Crippen LogP contribution >= 0.6 is 24.0 Å². The predicted octanol–water partition coefficient (Wildman–Crippen LogP) is 4.60. The molecule has 0 bridgehead atoms. The molecule has 31 heavy (non-hydrogen) atoms. The first-order valence-corrected chi connectivity index (χ1v) is 12.0. The van der Waals surface area contributed by atoms with Gasteiger partial charge in [0.15, 0.2) is 0 Å². The fraction of sp³-hybridized carbons (Fsp3) is 0.478. The van der Waals surface area contributed by atoms with Gasteiger partial charge >= 0.3 is 0 Å². The summed E-state index contributed by atoms with van der Waals surface area (Å²) in [6.07, 6.45) is 7.86. The number of thiocarbonyl (C=S) groups is 1. The maximum Gasteiger partial charge on any atom is 0.267 e. The molecule has 0 spiro atoms. The van der Waals surface area contributed by atoms with Crippen LogP contribution in [0.5, 0.6) is 0 Å². The summed E-state index contributed by atoms with van der Waals surface area (Å²) in [7, 11) is 0. The molecule has 2 aliphatic rings. The zero-order chi connectivity index (χ0) is 22.3. The number of hydrogen-bond donors (Lipinski definition) is 1. The van der Waals surface area contributed by atoms with E-state index < -0.39 is 0 Å². The number of hydrogen-bond acceptors (Lipinski definition) is 6. The lowest BCUT2D eigenvalue weighted by Crippen LogP contribution is -2.34. The quantitative estimate of drug-likeness (QED) is 0.536. The van der Waals surface area contributed by atoms with E-state index in [0.717, 1.165) is 37.2 Å². The molecule has 1 aliphatic heterocycles. The van der Waals surface area contributed by atoms with Crippen LogP contribution in [0, 0.1) is 12.8 Å². The number of fused-ring (bicyclic) bond motifs is 1. The van der Waals surface area contributed by atoms with Crippen LogP contribution in [0.25, 0.3) is 11.7 Å². The number of rotatable bonds is 4. The third kappa shape index (κ3) is 4.41. The summed E-state index contributed by atoms with van der Waals surface area (Å²) in [6.45, 7) is 8.08. The average molecular weight is 457 g/mol. The van der Waals surface area contributed by atoms with Crippen LogP contribution in [-0.4, -0.2) is 36.6 Å². The number of carbonyl (C=O) groups excluding carboxylic acids is 1. The van der Waals surface area contributed by atoms with Crippen molar-refractivity contribution in [3.05, 3.63) is 44.7 Å². The molecule has 6 nitrogen and oxygen atoms in total. The third-order valence-corrected chi connectivity index (χ3v) is 7.31. The highest BCUT2D eigenvalue weighted by Crippen LogP contribution is 2.34. The largest absolute Gasteiger partial charge is 0.367 e. The van der Waals surface area contributed by atoms with Crippen molar-refractivity contribution >= 4 is 51.7 Å². The topological polar surface area (TPSA) is 66.7 Å². The standard InChI is InChI=1S/C23H28N4O2S2/c1-13(2)27-22(29)18(31-23(27)30)11-17-20(24-16-8-5-14(3)6-9-16)25-19-10-7-15(4)12-26(19)21(17)28/h7,10-14,16,24H,5-6,8-9H2,1-4H3. The van der Waals surface area contributed by atoms with Crippen molar-refractivity contribution in [2.45, 2.75) is 65.5 Å². The van der Waals surface area contributed by atoms with Crippen LogP contribution in [0.3, 0.4) is 0 Å². The Hall–Kier alpha value is -2.19. The van der Waals surface area contributed by atoms with Gasteiger partial charge in [0.2, 0.25) is 0 Å². The highest BCUT2D eigenvalue weighted by Gasteiger charge is 2.34. The van der Waals surface area contributed by atoms with E-state index in [1.54, 1.807) is 21.6 Å². The van der Waals surface area contributed by atoms with E-state index in [9.17, 15) is 9.59 Å². The maximum atomic E-state index is 13.5. The summed E-state index contributed by atoms with van der Waals surface area (Å²) >= 11 is 6.64. The van der Waals surface area contributed by atoms with E-state index in [1.165, 1.54) is 11.8 Å². The Kier molecular flexibility index (Phi) is 6.21. The number of aryl methyl sites for hydroxylation is 1. The number of anilines is 1. The van der Waals surface area contributed by atoms with Gasteiger partial charge in [-0.2, -0.15) is 0 Å². The summed E-state index contributed by atoms with van der Waals surface area (Å²) in [5.74, 6) is 1.12. The van der Waals surface area contributed by atoms with E-state index in [4.69, 9.17) is 17.2 Å². The number of amides is 1. The molecular weight excluding hydrogens is 428 g/mol. The van der Waals surface area contributed by atoms with Crippen molar-refractivity contribution in [1.29, 1.82) is 0 Å². The average Bonchev–Trinajstić information content (AvgIpc) is 3.00. The Morgan fingerprint density at radius 1 is 1.23 bits per heavy atom. The van der Waals surface area contributed by atoms with Crippen LogP contribution in [0.1, 0.15) is 57.6 Å². The van der Waals surface area contributed by atoms with Crippen LogP contribution in [0.4, 0.5) is 5.82 Å². The van der Waals surface area contributed by atoms with Crippen molar-refractivity contribution in [1.82, 2.24) is 14.3 Å². The van der Waals surface area contributed by atoms with E-state index in [0.29, 0.717) is 26.3 Å². The van der Waals surface area contributed by atoms with Gasteiger partial charge in [-0.25, -0.2) is 4.98 Å². The molecule has 8 heteroatoms. The van der Waals surface area contributed by atoms with Crippen molar-refractivity contribution in [2.24, 2.45) is 5.92 Å². The molecule has 0 atom stereocenters. The van der Waals surface area contributed by atoms with E-state index in [-0.39, 0.29) is 23.6 Å². The molecule has 1 saturated carbocycles. The molecule has 164 valence electrons. The molecular formula is C23H28N4O2S2. The molecule has 3 heterocycles. The van der Waals surface area contributed by atoms with E-state index in [2.05, 4.69) is 12.2 Å². The summed E-state index contributed by atoms with van der Waals surface area (Å²) in [4.78, 5) is 33.2. The Labute approximate surface area is 192 Å². The smallest absolute Gasteiger partial charge is 0.267 e. The van der Waals surface area contributed by atoms with Crippen LogP contribution in [0.15, 0.2) is 28.0 Å². The molecule has 1 aliphatic carbocycles. The summed E-state index contributed by atoms with van der Waals surface area (Å²) in [6, 6.07) is 4.04. The number of carbonyl (C=O) groups is 1. The first-order valence-electron chi connectivity index (χ1n) is 10.8. The lowest BCUT2D eigenvalue weighted by atomic mass is 9.87. The summed E-state index contributed by atoms with van der Waals surface area (Å²) in [5, 5.41) is 3.52. The molecule has 1 saturated heterocycles. The zero-order valence-electron chi connectivity index (χ0n) is 18.3. The van der Waals surface area contributed by atoms with Gasteiger partial charge in [-0.15, -0.1) is 0 Å². The fourth-order valence-corrected chi connectivity index (χ4v) is 5.66. The Balaban J connectivity index is 1.80. The van der Waals surface area contributed by atoms with Crippen molar-refractivity contribution < 1.29 is 4.79 Å². The molecule has 0 radical (unpaired) electrons. The minimum absolute atomic E-state index is 0.0290. The second-order valence-corrected chi connectivity index (χ2v) is 10.5. The number of thioether (sulfide) groups is 1. The van der Waals surface area contributed by atoms with Crippen molar-refractivity contribution in [2.75, 3.05) is 5.32 Å². The first-order chi connectivity index (χ1) is 14.7. The zero-order valence-corrected chi connectivity index (χ0v) is 20.0.